The lowest BCUT2D eigenvalue weighted by molar-refractivity contribution is -0.137. The summed E-state index contributed by atoms with van der Waals surface area (Å²) in [5.41, 5.74) is 7.29. The topological polar surface area (TPSA) is 95.8 Å². The summed E-state index contributed by atoms with van der Waals surface area (Å²) in [5, 5.41) is 12.0. The lowest BCUT2D eigenvalue weighted by Gasteiger charge is -2.12. The molecule has 0 saturated carbocycles. The van der Waals surface area contributed by atoms with Crippen LogP contribution in [0.3, 0.4) is 0 Å². The molecule has 6 nitrogen and oxygen atoms in total. The molecule has 0 atom stereocenters. The van der Waals surface area contributed by atoms with Crippen LogP contribution < -0.4 is 16.4 Å². The predicted octanol–water partition coefficient (Wildman–Crippen LogP) is 5.86. The molecule has 33 heavy (non-hydrogen) atoms. The molecule has 0 aliphatic carbocycles. The number of hydrogen-bond donors (Lipinski definition) is 4. The van der Waals surface area contributed by atoms with Crippen LogP contribution in [0, 0.1) is 11.8 Å². The zero-order valence-corrected chi connectivity index (χ0v) is 17.5. The minimum Gasteiger partial charge on any atom is -0.382 e. The van der Waals surface area contributed by atoms with Gasteiger partial charge in [0.25, 0.3) is 0 Å². The minimum absolute atomic E-state index is 0.0500. The molecule has 10 heteroatoms. The Hall–Kier alpha value is -4.16. The first-order valence-corrected chi connectivity index (χ1v) is 9.88. The molecule has 0 fully saturated rings. The Labute approximate surface area is 190 Å². The number of aromatic amines is 1. The highest BCUT2D eigenvalue weighted by molar-refractivity contribution is 6.31. The first kappa shape index (κ1) is 22.0. The molecule has 3 aromatic carbocycles. The van der Waals surface area contributed by atoms with Gasteiger partial charge < -0.3 is 16.4 Å². The van der Waals surface area contributed by atoms with Crippen molar-refractivity contribution in [2.45, 2.75) is 6.18 Å². The van der Waals surface area contributed by atoms with Gasteiger partial charge in [0.2, 0.25) is 0 Å². The van der Waals surface area contributed by atoms with Gasteiger partial charge >= 0.3 is 12.2 Å². The molecule has 166 valence electrons. The number of H-pyrrole nitrogens is 1. The van der Waals surface area contributed by atoms with Crippen LogP contribution in [0.2, 0.25) is 5.02 Å². The number of nitrogens with one attached hydrogen (secondary N) is 3. The van der Waals surface area contributed by atoms with Gasteiger partial charge in [0.05, 0.1) is 21.5 Å². The lowest BCUT2D eigenvalue weighted by Crippen LogP contribution is -2.20. The third-order valence-electron chi connectivity index (χ3n) is 4.61. The molecule has 0 aliphatic heterocycles. The highest BCUT2D eigenvalue weighted by Gasteiger charge is 2.33. The molecule has 1 heterocycles. The molecule has 0 radical (unpaired) electrons. The Balaban J connectivity index is 1.50. The standard InChI is InChI=1S/C23H15ClF3N5O/c24-18-10-9-16(12-17(18)23(25,26)27)30-22(33)29-15-5-1-3-13(11-15)7-8-14-4-2-6-19-20(14)21(28)32-31-19/h1-6,9-12H,(H3,28,31,32)(H2,29,30,33). The highest BCUT2D eigenvalue weighted by Crippen LogP contribution is 2.36. The van der Waals surface area contributed by atoms with E-state index in [0.29, 0.717) is 22.6 Å². The molecule has 0 bridgehead atoms. The minimum atomic E-state index is -4.64. The first-order chi connectivity index (χ1) is 15.7. The van der Waals surface area contributed by atoms with Crippen molar-refractivity contribution in [3.8, 4) is 11.8 Å². The van der Waals surface area contributed by atoms with Gasteiger partial charge in [0.15, 0.2) is 5.82 Å². The summed E-state index contributed by atoms with van der Waals surface area (Å²) in [4.78, 5) is 12.3. The molecule has 2 amide bonds. The van der Waals surface area contributed by atoms with E-state index in [4.69, 9.17) is 17.3 Å². The SMILES string of the molecule is Nc1n[nH]c2cccc(C#Cc3cccc(NC(=O)Nc4ccc(Cl)c(C(F)(F)F)c4)c3)c12. The van der Waals surface area contributed by atoms with Crippen molar-refractivity contribution in [2.75, 3.05) is 16.4 Å². The second-order valence-electron chi connectivity index (χ2n) is 6.94. The Morgan fingerprint density at radius 3 is 2.48 bits per heavy atom. The Bertz CT molecular complexity index is 1420. The summed E-state index contributed by atoms with van der Waals surface area (Å²) in [5.74, 6) is 6.39. The average molecular weight is 470 g/mol. The maximum Gasteiger partial charge on any atom is 0.417 e. The van der Waals surface area contributed by atoms with E-state index in [0.717, 1.165) is 23.0 Å². The summed E-state index contributed by atoms with van der Waals surface area (Å²) in [6.07, 6.45) is -4.64. The summed E-state index contributed by atoms with van der Waals surface area (Å²) in [6, 6.07) is 14.6. The highest BCUT2D eigenvalue weighted by atomic mass is 35.5. The number of halogens is 4. The average Bonchev–Trinajstić information content (AvgIpc) is 3.14. The Kier molecular flexibility index (Phi) is 5.85. The molecular weight excluding hydrogens is 455 g/mol. The van der Waals surface area contributed by atoms with E-state index in [1.165, 1.54) is 6.07 Å². The maximum atomic E-state index is 13.0. The molecule has 0 unspecified atom stereocenters. The van der Waals surface area contributed by atoms with Gasteiger partial charge in [-0.15, -0.1) is 0 Å². The quantitative estimate of drug-likeness (QED) is 0.277. The number of carbonyl (C=O) groups is 1. The number of urea groups is 1. The van der Waals surface area contributed by atoms with Crippen molar-refractivity contribution < 1.29 is 18.0 Å². The largest absolute Gasteiger partial charge is 0.417 e. The van der Waals surface area contributed by atoms with Crippen molar-refractivity contribution in [3.63, 3.8) is 0 Å². The number of hydrogen-bond acceptors (Lipinski definition) is 3. The summed E-state index contributed by atoms with van der Waals surface area (Å²) < 4.78 is 39.0. The molecular formula is C23H15ClF3N5O. The van der Waals surface area contributed by atoms with E-state index in [1.807, 2.05) is 18.2 Å². The van der Waals surface area contributed by atoms with E-state index < -0.39 is 22.8 Å². The third-order valence-corrected chi connectivity index (χ3v) is 4.94. The Morgan fingerprint density at radius 1 is 1.00 bits per heavy atom. The van der Waals surface area contributed by atoms with Crippen molar-refractivity contribution in [2.24, 2.45) is 0 Å². The third kappa shape index (κ3) is 5.02. The number of nitrogens with two attached hydrogens (primary N) is 1. The van der Waals surface area contributed by atoms with Crippen molar-refractivity contribution >= 4 is 45.7 Å². The van der Waals surface area contributed by atoms with Gasteiger partial charge in [0.1, 0.15) is 0 Å². The van der Waals surface area contributed by atoms with Crippen LogP contribution in [0.25, 0.3) is 10.9 Å². The zero-order valence-electron chi connectivity index (χ0n) is 16.7. The number of aromatic nitrogens is 2. The van der Waals surface area contributed by atoms with E-state index in [2.05, 4.69) is 32.7 Å². The van der Waals surface area contributed by atoms with Gasteiger partial charge in [-0.3, -0.25) is 5.10 Å². The molecule has 5 N–H and O–H groups in total. The first-order valence-electron chi connectivity index (χ1n) is 9.50. The fraction of sp³-hybridized carbons (Fsp3) is 0.0435. The van der Waals surface area contributed by atoms with E-state index in [9.17, 15) is 18.0 Å². The maximum absolute atomic E-state index is 13.0. The summed E-state index contributed by atoms with van der Waals surface area (Å²) in [7, 11) is 0. The van der Waals surface area contributed by atoms with Gasteiger partial charge in [-0.25, -0.2) is 4.79 Å². The zero-order chi connectivity index (χ0) is 23.6. The van der Waals surface area contributed by atoms with Crippen LogP contribution in [0.15, 0.2) is 60.7 Å². The van der Waals surface area contributed by atoms with Gasteiger partial charge in [-0.05, 0) is 48.5 Å². The van der Waals surface area contributed by atoms with Gasteiger partial charge in [0, 0.05) is 22.5 Å². The number of anilines is 3. The fourth-order valence-electron chi connectivity index (χ4n) is 3.13. The van der Waals surface area contributed by atoms with Crippen LogP contribution >= 0.6 is 11.6 Å². The smallest absolute Gasteiger partial charge is 0.382 e. The van der Waals surface area contributed by atoms with Crippen LogP contribution in [-0.2, 0) is 6.18 Å². The Morgan fingerprint density at radius 2 is 1.73 bits per heavy atom. The van der Waals surface area contributed by atoms with Crippen molar-refractivity contribution in [3.05, 3.63) is 82.4 Å². The number of amides is 2. The number of rotatable bonds is 2. The monoisotopic (exact) mass is 469 g/mol. The molecule has 1 aromatic heterocycles. The van der Waals surface area contributed by atoms with E-state index in [1.54, 1.807) is 24.3 Å². The fourth-order valence-corrected chi connectivity index (χ4v) is 3.35. The second-order valence-corrected chi connectivity index (χ2v) is 7.35. The van der Waals surface area contributed by atoms with E-state index >= 15 is 0 Å². The number of alkyl halides is 3. The number of fused-ring (bicyclic) bond motifs is 1. The molecule has 0 saturated heterocycles. The molecule has 4 aromatic rings. The van der Waals surface area contributed by atoms with Crippen molar-refractivity contribution in [1.29, 1.82) is 0 Å². The normalized spacial score (nSPS) is 11.0. The lowest BCUT2D eigenvalue weighted by atomic mass is 10.1. The van der Waals surface area contributed by atoms with Gasteiger partial charge in [-0.2, -0.15) is 18.3 Å². The molecule has 4 rings (SSSR count). The van der Waals surface area contributed by atoms with E-state index in [-0.39, 0.29) is 5.69 Å². The molecule has 0 aliphatic rings. The van der Waals surface area contributed by atoms with Crippen molar-refractivity contribution in [1.82, 2.24) is 10.2 Å². The van der Waals surface area contributed by atoms with Crippen LogP contribution in [0.5, 0.6) is 0 Å². The predicted molar refractivity (Wildman–Crippen MR) is 122 cm³/mol. The number of nitrogen functional groups attached to an aromatic ring is 1. The van der Waals surface area contributed by atoms with Crippen LogP contribution in [-0.4, -0.2) is 16.2 Å². The second kappa shape index (κ2) is 8.76. The number of carbonyl (C=O) groups excluding carboxylic acids is 1. The number of nitrogens with zero attached hydrogens (tertiary/aromatic N) is 1. The van der Waals surface area contributed by atoms with Crippen LogP contribution in [0.1, 0.15) is 16.7 Å². The van der Waals surface area contributed by atoms with Gasteiger partial charge in [-0.1, -0.05) is 35.6 Å². The molecule has 0 spiro atoms. The number of benzene rings is 3. The summed E-state index contributed by atoms with van der Waals surface area (Å²) in [6.45, 7) is 0. The van der Waals surface area contributed by atoms with Crippen LogP contribution in [0.4, 0.5) is 35.2 Å². The summed E-state index contributed by atoms with van der Waals surface area (Å²) >= 11 is 5.60.